The number of hydrogen-bond acceptors (Lipinski definition) is 3. The number of rotatable bonds is 5. The van der Waals surface area contributed by atoms with Gasteiger partial charge in [-0.05, 0) is 48.9 Å². The van der Waals surface area contributed by atoms with Gasteiger partial charge in [-0.25, -0.2) is 0 Å². The van der Waals surface area contributed by atoms with Crippen molar-refractivity contribution in [3.63, 3.8) is 0 Å². The Morgan fingerprint density at radius 3 is 2.45 bits per heavy atom. The highest BCUT2D eigenvalue weighted by Crippen LogP contribution is 2.48. The molecule has 1 aliphatic rings. The number of amides is 2. The zero-order valence-corrected chi connectivity index (χ0v) is 13.2. The van der Waals surface area contributed by atoms with Crippen LogP contribution in [-0.4, -0.2) is 18.4 Å². The molecule has 2 N–H and O–H groups in total. The molecule has 0 aliphatic heterocycles. The summed E-state index contributed by atoms with van der Waals surface area (Å²) in [6, 6.07) is 11.2. The van der Waals surface area contributed by atoms with Gasteiger partial charge in [0.1, 0.15) is 0 Å². The second kappa shape index (κ2) is 5.93. The molecule has 0 bridgehead atoms. The number of carbonyl (C=O) groups excluding carboxylic acids is 2. The lowest BCUT2D eigenvalue weighted by atomic mass is 9.94. The van der Waals surface area contributed by atoms with Crippen LogP contribution in [0.1, 0.15) is 35.0 Å². The molecule has 2 amide bonds. The molecule has 1 aliphatic carbocycles. The van der Waals surface area contributed by atoms with E-state index in [4.69, 9.17) is 0 Å². The van der Waals surface area contributed by atoms with Crippen molar-refractivity contribution >= 4 is 28.8 Å². The number of nitrogens with one attached hydrogen (secondary N) is 2. The summed E-state index contributed by atoms with van der Waals surface area (Å²) in [5, 5.41) is 7.65. The van der Waals surface area contributed by atoms with E-state index in [9.17, 15) is 9.59 Å². The van der Waals surface area contributed by atoms with Gasteiger partial charge in [-0.15, -0.1) is 11.3 Å². The summed E-state index contributed by atoms with van der Waals surface area (Å²) in [7, 11) is 0. The Labute approximate surface area is 133 Å². The van der Waals surface area contributed by atoms with Gasteiger partial charge in [0.05, 0.1) is 10.3 Å². The molecule has 1 saturated carbocycles. The van der Waals surface area contributed by atoms with Crippen LogP contribution in [0.15, 0.2) is 41.8 Å². The van der Waals surface area contributed by atoms with Crippen molar-refractivity contribution < 1.29 is 9.59 Å². The van der Waals surface area contributed by atoms with Crippen LogP contribution >= 0.6 is 11.3 Å². The Kier molecular flexibility index (Phi) is 3.98. The largest absolute Gasteiger partial charge is 0.356 e. The summed E-state index contributed by atoms with van der Waals surface area (Å²) in [4.78, 5) is 24.8. The monoisotopic (exact) mass is 314 g/mol. The Balaban J connectivity index is 1.71. The lowest BCUT2D eigenvalue weighted by molar-refractivity contribution is -0.123. The van der Waals surface area contributed by atoms with Crippen molar-refractivity contribution in [1.82, 2.24) is 5.32 Å². The molecular weight excluding hydrogens is 296 g/mol. The summed E-state index contributed by atoms with van der Waals surface area (Å²) in [6.45, 7) is 2.58. The second-order valence-corrected chi connectivity index (χ2v) is 6.40. The van der Waals surface area contributed by atoms with E-state index in [0.29, 0.717) is 11.4 Å². The molecule has 0 saturated heterocycles. The smallest absolute Gasteiger partial charge is 0.265 e. The van der Waals surface area contributed by atoms with Gasteiger partial charge in [-0.1, -0.05) is 18.2 Å². The Bertz CT molecular complexity index is 673. The third-order valence-corrected chi connectivity index (χ3v) is 4.83. The zero-order chi connectivity index (χ0) is 15.6. The number of carbonyl (C=O) groups is 2. The van der Waals surface area contributed by atoms with Crippen molar-refractivity contribution in [2.24, 2.45) is 0 Å². The number of benzene rings is 1. The van der Waals surface area contributed by atoms with Gasteiger partial charge >= 0.3 is 0 Å². The lowest BCUT2D eigenvalue weighted by Crippen LogP contribution is -2.34. The first-order chi connectivity index (χ1) is 10.7. The van der Waals surface area contributed by atoms with Gasteiger partial charge in [-0.2, -0.15) is 0 Å². The summed E-state index contributed by atoms with van der Waals surface area (Å²) >= 11 is 1.41. The van der Waals surface area contributed by atoms with E-state index < -0.39 is 0 Å². The molecular formula is C17H18N2O2S. The van der Waals surface area contributed by atoms with Crippen LogP contribution in [0.3, 0.4) is 0 Å². The highest BCUT2D eigenvalue weighted by Gasteiger charge is 2.50. The third-order valence-electron chi connectivity index (χ3n) is 3.96. The van der Waals surface area contributed by atoms with Crippen molar-refractivity contribution in [3.05, 3.63) is 52.2 Å². The first-order valence-electron chi connectivity index (χ1n) is 7.39. The summed E-state index contributed by atoms with van der Waals surface area (Å²) in [5.41, 5.74) is 1.41. The molecule has 114 valence electrons. The maximum atomic E-state index is 12.2. The van der Waals surface area contributed by atoms with E-state index in [-0.39, 0.29) is 17.2 Å². The average Bonchev–Trinajstić information content (AvgIpc) is 3.15. The molecule has 1 aromatic carbocycles. The minimum Gasteiger partial charge on any atom is -0.356 e. The fourth-order valence-corrected chi connectivity index (χ4v) is 3.19. The number of likely N-dealkylation sites (N-methyl/N-ethyl adjacent to an activating group) is 1. The number of hydrogen-bond donors (Lipinski definition) is 2. The van der Waals surface area contributed by atoms with E-state index in [1.165, 1.54) is 11.3 Å². The highest BCUT2D eigenvalue weighted by atomic mass is 32.1. The Morgan fingerprint density at radius 1 is 1.18 bits per heavy atom. The van der Waals surface area contributed by atoms with E-state index in [1.807, 2.05) is 42.6 Å². The molecule has 3 rings (SSSR count). The maximum absolute atomic E-state index is 12.2. The summed E-state index contributed by atoms with van der Waals surface area (Å²) in [6.07, 6.45) is 1.78. The predicted octanol–water partition coefficient (Wildman–Crippen LogP) is 3.17. The van der Waals surface area contributed by atoms with Crippen LogP contribution in [0, 0.1) is 0 Å². The molecule has 4 nitrogen and oxygen atoms in total. The van der Waals surface area contributed by atoms with Crippen LogP contribution in [0.25, 0.3) is 0 Å². The third kappa shape index (κ3) is 2.76. The van der Waals surface area contributed by atoms with Gasteiger partial charge in [0.2, 0.25) is 5.91 Å². The van der Waals surface area contributed by atoms with Gasteiger partial charge < -0.3 is 10.6 Å². The topological polar surface area (TPSA) is 58.2 Å². The van der Waals surface area contributed by atoms with Crippen molar-refractivity contribution in [1.29, 1.82) is 0 Å². The maximum Gasteiger partial charge on any atom is 0.265 e. The number of anilines is 1. The highest BCUT2D eigenvalue weighted by molar-refractivity contribution is 7.12. The standard InChI is InChI=1S/C17H18N2O2S/c1-2-18-16(21)17(9-10-17)12-5-7-13(8-6-12)19-15(20)14-4-3-11-22-14/h3-8,11H,2,9-10H2,1H3,(H,18,21)(H,19,20). The minimum atomic E-state index is -0.355. The van der Waals surface area contributed by atoms with Gasteiger partial charge in [0, 0.05) is 12.2 Å². The first-order valence-corrected chi connectivity index (χ1v) is 8.27. The fourth-order valence-electron chi connectivity index (χ4n) is 2.57. The minimum absolute atomic E-state index is 0.102. The normalized spacial score (nSPS) is 15.1. The van der Waals surface area contributed by atoms with Crippen LogP contribution in [0.4, 0.5) is 5.69 Å². The van der Waals surface area contributed by atoms with E-state index in [0.717, 1.165) is 24.1 Å². The Hall–Kier alpha value is -2.14. The zero-order valence-electron chi connectivity index (χ0n) is 12.4. The van der Waals surface area contributed by atoms with E-state index >= 15 is 0 Å². The molecule has 1 aromatic heterocycles. The van der Waals surface area contributed by atoms with Crippen molar-refractivity contribution in [3.8, 4) is 0 Å². The van der Waals surface area contributed by atoms with Crippen molar-refractivity contribution in [2.45, 2.75) is 25.2 Å². The van der Waals surface area contributed by atoms with Crippen LogP contribution in [-0.2, 0) is 10.2 Å². The van der Waals surface area contributed by atoms with Gasteiger partial charge in [-0.3, -0.25) is 9.59 Å². The molecule has 0 spiro atoms. The molecule has 1 heterocycles. The molecule has 2 aromatic rings. The molecule has 0 radical (unpaired) electrons. The molecule has 0 unspecified atom stereocenters. The van der Waals surface area contributed by atoms with E-state index in [1.54, 1.807) is 6.07 Å². The second-order valence-electron chi connectivity index (χ2n) is 5.45. The van der Waals surface area contributed by atoms with Gasteiger partial charge in [0.25, 0.3) is 5.91 Å². The van der Waals surface area contributed by atoms with Crippen LogP contribution in [0.5, 0.6) is 0 Å². The average molecular weight is 314 g/mol. The molecule has 1 fully saturated rings. The summed E-state index contributed by atoms with van der Waals surface area (Å²) < 4.78 is 0. The molecule has 5 heteroatoms. The SMILES string of the molecule is CCNC(=O)C1(c2ccc(NC(=O)c3cccs3)cc2)CC1. The summed E-state index contributed by atoms with van der Waals surface area (Å²) in [5.74, 6) is -0.00187. The van der Waals surface area contributed by atoms with Crippen LogP contribution < -0.4 is 10.6 Å². The lowest BCUT2D eigenvalue weighted by Gasteiger charge is -2.15. The van der Waals surface area contributed by atoms with Crippen molar-refractivity contribution in [2.75, 3.05) is 11.9 Å². The van der Waals surface area contributed by atoms with Crippen LogP contribution in [0.2, 0.25) is 0 Å². The quantitative estimate of drug-likeness (QED) is 0.890. The first kappa shape index (κ1) is 14.8. The van der Waals surface area contributed by atoms with Gasteiger partial charge in [0.15, 0.2) is 0 Å². The number of thiophene rings is 1. The predicted molar refractivity (Wildman–Crippen MR) is 88.3 cm³/mol. The Morgan fingerprint density at radius 2 is 1.91 bits per heavy atom. The van der Waals surface area contributed by atoms with E-state index in [2.05, 4.69) is 10.6 Å². The molecule has 0 atom stereocenters. The molecule has 22 heavy (non-hydrogen) atoms. The fraction of sp³-hybridized carbons (Fsp3) is 0.294.